The second kappa shape index (κ2) is 7.81. The van der Waals surface area contributed by atoms with E-state index in [4.69, 9.17) is 15.3 Å². The topological polar surface area (TPSA) is 98.4 Å². The minimum atomic E-state index is -0.0256. The zero-order valence-corrected chi connectivity index (χ0v) is 12.8. The summed E-state index contributed by atoms with van der Waals surface area (Å²) in [7, 11) is 1.66. The lowest BCUT2D eigenvalue weighted by atomic mass is 10.3. The number of methoxy groups -OCH3 is 1. The summed E-state index contributed by atoms with van der Waals surface area (Å²) in [5, 5.41) is 0. The molecule has 3 N–H and O–H groups in total. The lowest BCUT2D eigenvalue weighted by molar-refractivity contribution is 0.202. The van der Waals surface area contributed by atoms with E-state index in [2.05, 4.69) is 34.2 Å². The number of nitrogens with zero attached hydrogens (tertiary/aromatic N) is 4. The van der Waals surface area contributed by atoms with Gasteiger partial charge in [-0.1, -0.05) is 0 Å². The van der Waals surface area contributed by atoms with Crippen molar-refractivity contribution in [1.82, 2.24) is 15.0 Å². The maximum Gasteiger partial charge on any atom is 0.323 e. The van der Waals surface area contributed by atoms with Gasteiger partial charge in [-0.3, -0.25) is 5.43 Å². The van der Waals surface area contributed by atoms with Gasteiger partial charge in [-0.15, -0.1) is 0 Å². The van der Waals surface area contributed by atoms with E-state index in [9.17, 15) is 0 Å². The average Bonchev–Trinajstić information content (AvgIpc) is 2.37. The van der Waals surface area contributed by atoms with Crippen LogP contribution in [0.4, 0.5) is 11.9 Å². The van der Waals surface area contributed by atoms with Gasteiger partial charge >= 0.3 is 6.01 Å². The number of aromatic nitrogens is 3. The molecule has 8 nitrogen and oxygen atoms in total. The van der Waals surface area contributed by atoms with Crippen LogP contribution >= 0.6 is 0 Å². The van der Waals surface area contributed by atoms with Crippen molar-refractivity contribution in [3.05, 3.63) is 0 Å². The van der Waals surface area contributed by atoms with Gasteiger partial charge in [-0.05, 0) is 27.7 Å². The first-order valence-electron chi connectivity index (χ1n) is 6.62. The average molecular weight is 284 g/mol. The standard InChI is InChI=1S/C12H24N6O2/c1-8(2)18(6-7-19-5)11-14-10(17-13)15-12(16-11)20-9(3)4/h8-9H,6-7,13H2,1-5H3,(H,14,15,16,17). The van der Waals surface area contributed by atoms with Crippen molar-refractivity contribution in [3.8, 4) is 6.01 Å². The summed E-state index contributed by atoms with van der Waals surface area (Å²) in [6.45, 7) is 9.17. The molecule has 0 aliphatic carbocycles. The second-order valence-corrected chi connectivity index (χ2v) is 4.83. The van der Waals surface area contributed by atoms with Crippen LogP contribution in [-0.2, 0) is 4.74 Å². The molecule has 0 atom stereocenters. The number of nitrogens with one attached hydrogen (secondary N) is 1. The van der Waals surface area contributed by atoms with Crippen LogP contribution in [0.5, 0.6) is 6.01 Å². The Hall–Kier alpha value is -1.67. The molecule has 0 saturated carbocycles. The van der Waals surface area contributed by atoms with Gasteiger partial charge in [0.15, 0.2) is 0 Å². The minimum absolute atomic E-state index is 0.0256. The number of nitrogen functional groups attached to an aromatic ring is 1. The first-order valence-corrected chi connectivity index (χ1v) is 6.62. The molecule has 0 aliphatic heterocycles. The van der Waals surface area contributed by atoms with Gasteiger partial charge in [0, 0.05) is 19.7 Å². The van der Waals surface area contributed by atoms with Crippen LogP contribution in [0.3, 0.4) is 0 Å². The monoisotopic (exact) mass is 284 g/mol. The predicted octanol–water partition coefficient (Wildman–Crippen LogP) is 0.806. The number of nitrogens with two attached hydrogens (primary N) is 1. The number of hydrogen-bond donors (Lipinski definition) is 2. The first-order chi connectivity index (χ1) is 9.47. The van der Waals surface area contributed by atoms with E-state index in [1.807, 2.05) is 18.7 Å². The highest BCUT2D eigenvalue weighted by atomic mass is 16.5. The summed E-state index contributed by atoms with van der Waals surface area (Å²) in [6.07, 6.45) is -0.0256. The van der Waals surface area contributed by atoms with Gasteiger partial charge in [0.2, 0.25) is 11.9 Å². The molecule has 0 spiro atoms. The normalized spacial score (nSPS) is 11.0. The van der Waals surface area contributed by atoms with Crippen molar-refractivity contribution >= 4 is 11.9 Å². The van der Waals surface area contributed by atoms with E-state index in [0.717, 1.165) is 0 Å². The van der Waals surface area contributed by atoms with Crippen LogP contribution in [0.15, 0.2) is 0 Å². The molecule has 0 radical (unpaired) electrons. The van der Waals surface area contributed by atoms with Crippen molar-refractivity contribution in [2.75, 3.05) is 30.6 Å². The quantitative estimate of drug-likeness (QED) is 0.534. The molecule has 1 heterocycles. The number of anilines is 2. The molecule has 1 aromatic heterocycles. The maximum atomic E-state index is 5.52. The summed E-state index contributed by atoms with van der Waals surface area (Å²) in [6, 6.07) is 0.464. The zero-order valence-electron chi connectivity index (χ0n) is 12.8. The van der Waals surface area contributed by atoms with Gasteiger partial charge in [0.25, 0.3) is 0 Å². The molecule has 0 aliphatic rings. The van der Waals surface area contributed by atoms with Crippen molar-refractivity contribution in [1.29, 1.82) is 0 Å². The Balaban J connectivity index is 3.05. The van der Waals surface area contributed by atoms with Crippen molar-refractivity contribution in [3.63, 3.8) is 0 Å². The molecule has 1 rings (SSSR count). The molecule has 8 heteroatoms. The summed E-state index contributed by atoms with van der Waals surface area (Å²) >= 11 is 0. The van der Waals surface area contributed by atoms with Crippen LogP contribution in [0, 0.1) is 0 Å². The van der Waals surface area contributed by atoms with Crippen LogP contribution in [0.25, 0.3) is 0 Å². The highest BCUT2D eigenvalue weighted by Gasteiger charge is 2.17. The molecular formula is C12H24N6O2. The summed E-state index contributed by atoms with van der Waals surface area (Å²) < 4.78 is 10.6. The number of ether oxygens (including phenoxy) is 2. The summed E-state index contributed by atoms with van der Waals surface area (Å²) in [5.41, 5.74) is 2.43. The van der Waals surface area contributed by atoms with Crippen LogP contribution in [0.1, 0.15) is 27.7 Å². The summed E-state index contributed by atoms with van der Waals surface area (Å²) in [5.74, 6) is 6.18. The lowest BCUT2D eigenvalue weighted by Crippen LogP contribution is -2.35. The molecule has 1 aromatic rings. The van der Waals surface area contributed by atoms with E-state index < -0.39 is 0 Å². The molecular weight excluding hydrogens is 260 g/mol. The van der Waals surface area contributed by atoms with Crippen LogP contribution in [0.2, 0.25) is 0 Å². The predicted molar refractivity (Wildman–Crippen MR) is 77.8 cm³/mol. The fraction of sp³-hybridized carbons (Fsp3) is 0.750. The smallest absolute Gasteiger partial charge is 0.323 e. The fourth-order valence-electron chi connectivity index (χ4n) is 1.58. The van der Waals surface area contributed by atoms with Crippen LogP contribution in [-0.4, -0.2) is 47.4 Å². The highest BCUT2D eigenvalue weighted by molar-refractivity contribution is 5.38. The van der Waals surface area contributed by atoms with Gasteiger partial charge in [0.05, 0.1) is 12.7 Å². The third-order valence-corrected chi connectivity index (χ3v) is 2.49. The number of hydrogen-bond acceptors (Lipinski definition) is 8. The molecule has 20 heavy (non-hydrogen) atoms. The maximum absolute atomic E-state index is 5.52. The van der Waals surface area contributed by atoms with E-state index in [0.29, 0.717) is 19.1 Å². The van der Waals surface area contributed by atoms with Gasteiger partial charge in [0.1, 0.15) is 0 Å². The van der Waals surface area contributed by atoms with Gasteiger partial charge in [-0.2, -0.15) is 15.0 Å². The molecule has 0 amide bonds. The van der Waals surface area contributed by atoms with E-state index in [-0.39, 0.29) is 24.1 Å². The Bertz CT molecular complexity index is 413. The SMILES string of the molecule is COCCN(c1nc(NN)nc(OC(C)C)n1)C(C)C. The third kappa shape index (κ3) is 4.78. The Labute approximate surface area is 119 Å². The van der Waals surface area contributed by atoms with Crippen LogP contribution < -0.4 is 20.9 Å². The summed E-state index contributed by atoms with van der Waals surface area (Å²) in [4.78, 5) is 14.7. The first kappa shape index (κ1) is 16.4. The lowest BCUT2D eigenvalue weighted by Gasteiger charge is -2.26. The van der Waals surface area contributed by atoms with Crippen molar-refractivity contribution in [2.45, 2.75) is 39.8 Å². The number of rotatable bonds is 8. The molecule has 0 saturated heterocycles. The molecule has 0 bridgehead atoms. The highest BCUT2D eigenvalue weighted by Crippen LogP contribution is 2.17. The molecule has 0 unspecified atom stereocenters. The van der Waals surface area contributed by atoms with E-state index in [1.54, 1.807) is 7.11 Å². The number of hydrazine groups is 1. The van der Waals surface area contributed by atoms with Gasteiger partial charge in [-0.25, -0.2) is 5.84 Å². The molecule has 0 fully saturated rings. The molecule has 0 aromatic carbocycles. The van der Waals surface area contributed by atoms with Gasteiger partial charge < -0.3 is 14.4 Å². The largest absolute Gasteiger partial charge is 0.461 e. The molecule has 114 valence electrons. The Morgan fingerprint density at radius 1 is 1.20 bits per heavy atom. The Morgan fingerprint density at radius 2 is 1.90 bits per heavy atom. The van der Waals surface area contributed by atoms with Crippen molar-refractivity contribution in [2.24, 2.45) is 5.84 Å². The van der Waals surface area contributed by atoms with E-state index >= 15 is 0 Å². The van der Waals surface area contributed by atoms with Crippen molar-refractivity contribution < 1.29 is 9.47 Å². The fourth-order valence-corrected chi connectivity index (χ4v) is 1.58. The Morgan fingerprint density at radius 3 is 2.40 bits per heavy atom. The zero-order chi connectivity index (χ0) is 15.1. The minimum Gasteiger partial charge on any atom is -0.461 e. The van der Waals surface area contributed by atoms with E-state index in [1.165, 1.54) is 0 Å². The Kier molecular flexibility index (Phi) is 6.40. The second-order valence-electron chi connectivity index (χ2n) is 4.83. The third-order valence-electron chi connectivity index (χ3n) is 2.49.